The SMILES string of the molecule is Cc1cc2c3n4c(c2cc1F)N=C1N=C(N=c2c5cc(F)c(F)cc5c(n2B4Cl)=N3)c2cc(F)c(F)cc21. The Labute approximate surface area is 213 Å². The molecule has 0 atom stereocenters. The van der Waals surface area contributed by atoms with E-state index in [9.17, 15) is 22.0 Å². The number of aliphatic imine (C=N–C) groups is 2. The zero-order chi connectivity index (χ0) is 26.2. The van der Waals surface area contributed by atoms with Gasteiger partial charge in [0, 0.05) is 32.7 Å². The van der Waals surface area contributed by atoms with E-state index >= 15 is 0 Å². The first-order valence-corrected chi connectivity index (χ1v) is 11.8. The molecule has 13 heteroatoms. The zero-order valence-corrected chi connectivity index (χ0v) is 19.7. The lowest BCUT2D eigenvalue weighted by atomic mass is 10.1. The molecule has 0 amide bonds. The molecule has 0 saturated heterocycles. The van der Waals surface area contributed by atoms with E-state index in [1.807, 2.05) is 0 Å². The molecule has 2 aromatic heterocycles. The van der Waals surface area contributed by atoms with Crippen molar-refractivity contribution in [1.29, 1.82) is 0 Å². The fraction of sp³-hybridized carbons (Fsp3) is 0.0400. The molecule has 8 rings (SSSR count). The lowest BCUT2D eigenvalue weighted by molar-refractivity contribution is 0.508. The van der Waals surface area contributed by atoms with Gasteiger partial charge in [-0.25, -0.2) is 41.9 Å². The maximum atomic E-state index is 14.8. The number of aromatic nitrogens is 2. The third-order valence-corrected chi connectivity index (χ3v) is 7.44. The van der Waals surface area contributed by atoms with Crippen LogP contribution < -0.4 is 11.0 Å². The highest BCUT2D eigenvalue weighted by Crippen LogP contribution is 2.42. The van der Waals surface area contributed by atoms with Crippen LogP contribution in [0.3, 0.4) is 0 Å². The lowest BCUT2D eigenvalue weighted by Gasteiger charge is -2.18. The van der Waals surface area contributed by atoms with E-state index in [0.29, 0.717) is 22.2 Å². The van der Waals surface area contributed by atoms with Crippen molar-refractivity contribution in [3.63, 3.8) is 0 Å². The lowest BCUT2D eigenvalue weighted by Crippen LogP contribution is -2.44. The molecular weight excluding hydrogens is 526 g/mol. The van der Waals surface area contributed by atoms with Crippen LogP contribution in [0.4, 0.5) is 33.6 Å². The van der Waals surface area contributed by atoms with Crippen molar-refractivity contribution in [1.82, 2.24) is 8.96 Å². The molecule has 0 aliphatic carbocycles. The van der Waals surface area contributed by atoms with Crippen molar-refractivity contribution in [2.75, 3.05) is 0 Å². The second-order valence-corrected chi connectivity index (χ2v) is 9.60. The number of hydrogen-bond acceptors (Lipinski definition) is 4. The maximum absolute atomic E-state index is 14.8. The summed E-state index contributed by atoms with van der Waals surface area (Å²) in [6, 6.07) is 6.75. The number of aryl methyl sites for hydroxylation is 1. The summed E-state index contributed by atoms with van der Waals surface area (Å²) in [5.74, 6) is -4.52. The minimum atomic E-state index is -1.12. The molecule has 3 aliphatic heterocycles. The Bertz CT molecular complexity index is 2180. The minimum absolute atomic E-state index is 0.00275. The molecule has 5 heterocycles. The fourth-order valence-electron chi connectivity index (χ4n) is 5.27. The van der Waals surface area contributed by atoms with Gasteiger partial charge in [-0.15, -0.1) is 11.5 Å². The number of hydrogen-bond donors (Lipinski definition) is 0. The van der Waals surface area contributed by atoms with Gasteiger partial charge in [-0.2, -0.15) is 0 Å². The zero-order valence-electron chi connectivity index (χ0n) is 19.0. The van der Waals surface area contributed by atoms with Crippen LogP contribution in [-0.4, -0.2) is 27.0 Å². The normalized spacial score (nSPS) is 14.9. The van der Waals surface area contributed by atoms with Crippen LogP contribution in [0.2, 0.25) is 0 Å². The third-order valence-electron chi connectivity index (χ3n) is 7.05. The number of benzene rings is 3. The Morgan fingerprint density at radius 2 is 1.08 bits per heavy atom. The molecule has 3 aliphatic rings. The molecule has 0 unspecified atom stereocenters. The molecule has 0 N–H and O–H groups in total. The minimum Gasteiger partial charge on any atom is -0.319 e. The van der Waals surface area contributed by atoms with Crippen LogP contribution in [0.5, 0.6) is 0 Å². The predicted molar refractivity (Wildman–Crippen MR) is 132 cm³/mol. The first kappa shape index (κ1) is 21.7. The summed E-state index contributed by atoms with van der Waals surface area (Å²) in [6.07, 6.45) is -1.10. The fourth-order valence-corrected chi connectivity index (χ4v) is 5.64. The van der Waals surface area contributed by atoms with Crippen LogP contribution in [0.25, 0.3) is 21.5 Å². The standard InChI is InChI=1S/C25H9BClF5N6/c1-8-2-11-12(5-15(8)28)22-34-20-9-3-16(29)17(30)4-10(9)21(33-20)35-23-13-6-18(31)19(32)7-14(13)25-36-24(11)37(22)26(27)38(23)25/h2-7H,1H3. The van der Waals surface area contributed by atoms with E-state index in [-0.39, 0.29) is 50.4 Å². The molecule has 0 spiro atoms. The summed E-state index contributed by atoms with van der Waals surface area (Å²) in [4.78, 5) is 18.4. The van der Waals surface area contributed by atoms with Gasteiger partial charge in [0.15, 0.2) is 34.9 Å². The van der Waals surface area contributed by atoms with Crippen molar-refractivity contribution < 1.29 is 22.0 Å². The monoisotopic (exact) mass is 534 g/mol. The third kappa shape index (κ3) is 2.57. The number of fused-ring (bicyclic) bond motifs is 10. The Kier molecular flexibility index (Phi) is 3.98. The molecular formula is C25H9BClF5N6. The van der Waals surface area contributed by atoms with Crippen LogP contribution >= 0.6 is 11.5 Å². The second kappa shape index (κ2) is 6.96. The summed E-state index contributed by atoms with van der Waals surface area (Å²) < 4.78 is 75.2. The van der Waals surface area contributed by atoms with E-state index in [0.717, 1.165) is 24.3 Å². The quantitative estimate of drug-likeness (QED) is 0.199. The summed E-state index contributed by atoms with van der Waals surface area (Å²) in [7, 11) is 0. The molecule has 0 radical (unpaired) electrons. The summed E-state index contributed by atoms with van der Waals surface area (Å²) in [5, 5.41) is 1.26. The number of rotatable bonds is 0. The second-order valence-electron chi connectivity index (χ2n) is 9.21. The molecule has 38 heavy (non-hydrogen) atoms. The van der Waals surface area contributed by atoms with E-state index < -0.39 is 35.5 Å². The number of amidine groups is 2. The molecule has 6 nitrogen and oxygen atoms in total. The van der Waals surface area contributed by atoms with E-state index in [1.54, 1.807) is 13.0 Å². The van der Waals surface area contributed by atoms with Crippen molar-refractivity contribution >= 4 is 62.7 Å². The van der Waals surface area contributed by atoms with E-state index in [2.05, 4.69) is 15.0 Å². The van der Waals surface area contributed by atoms with Gasteiger partial charge in [0.2, 0.25) is 0 Å². The van der Waals surface area contributed by atoms with Gasteiger partial charge in [0.1, 0.15) is 28.4 Å². The van der Waals surface area contributed by atoms with Gasteiger partial charge in [-0.05, 0) is 48.9 Å². The van der Waals surface area contributed by atoms with Crippen molar-refractivity contribution in [3.8, 4) is 0 Å². The van der Waals surface area contributed by atoms with Gasteiger partial charge >= 0.3 is 6.40 Å². The highest BCUT2D eigenvalue weighted by Gasteiger charge is 2.36. The Balaban J connectivity index is 1.66. The average molecular weight is 535 g/mol. The van der Waals surface area contributed by atoms with Crippen LogP contribution in [0, 0.1) is 36.0 Å². The van der Waals surface area contributed by atoms with E-state index in [1.165, 1.54) is 15.0 Å². The van der Waals surface area contributed by atoms with Gasteiger partial charge in [0.05, 0.1) is 0 Å². The van der Waals surface area contributed by atoms with Crippen molar-refractivity contribution in [2.24, 2.45) is 20.0 Å². The Hall–Kier alpha value is -4.32. The van der Waals surface area contributed by atoms with Crippen LogP contribution in [0.15, 0.2) is 56.4 Å². The topological polar surface area (TPSA) is 59.3 Å². The molecule has 4 bridgehead atoms. The van der Waals surface area contributed by atoms with Crippen molar-refractivity contribution in [2.45, 2.75) is 6.92 Å². The van der Waals surface area contributed by atoms with Gasteiger partial charge in [-0.3, -0.25) is 0 Å². The van der Waals surface area contributed by atoms with Gasteiger partial charge in [0.25, 0.3) is 0 Å². The Morgan fingerprint density at radius 3 is 1.74 bits per heavy atom. The predicted octanol–water partition coefficient (Wildman–Crippen LogP) is 4.96. The molecule has 184 valence electrons. The van der Waals surface area contributed by atoms with Crippen LogP contribution in [0.1, 0.15) is 16.7 Å². The molecule has 0 saturated carbocycles. The number of halogens is 6. The highest BCUT2D eigenvalue weighted by atomic mass is 35.5. The average Bonchev–Trinajstić information content (AvgIpc) is 3.45. The first-order valence-electron chi connectivity index (χ1n) is 11.3. The summed E-state index contributed by atoms with van der Waals surface area (Å²) in [6.45, 7) is 1.59. The Morgan fingerprint density at radius 1 is 0.579 bits per heavy atom. The smallest absolute Gasteiger partial charge is 0.319 e. The largest absolute Gasteiger partial charge is 0.499 e. The highest BCUT2D eigenvalue weighted by molar-refractivity contribution is 7.05. The summed E-state index contributed by atoms with van der Waals surface area (Å²) >= 11 is 7.00. The van der Waals surface area contributed by atoms with Gasteiger partial charge in [-0.1, -0.05) is 0 Å². The maximum Gasteiger partial charge on any atom is 0.499 e. The molecule has 3 aromatic carbocycles. The van der Waals surface area contributed by atoms with E-state index in [4.69, 9.17) is 16.5 Å². The van der Waals surface area contributed by atoms with Crippen molar-refractivity contribution in [3.05, 3.63) is 93.2 Å². The van der Waals surface area contributed by atoms with Gasteiger partial charge < -0.3 is 8.96 Å². The molecule has 0 fully saturated rings. The number of nitrogens with zero attached hydrogens (tertiary/aromatic N) is 6. The summed E-state index contributed by atoms with van der Waals surface area (Å²) in [5.41, 5.74) is 0.900. The first-order chi connectivity index (χ1) is 18.2. The molecule has 5 aromatic rings. The van der Waals surface area contributed by atoms with Crippen LogP contribution in [-0.2, 0) is 0 Å².